The van der Waals surface area contributed by atoms with Crippen LogP contribution in [-0.4, -0.2) is 15.4 Å². The van der Waals surface area contributed by atoms with E-state index in [0.717, 1.165) is 10.1 Å². The molecule has 1 heterocycles. The second-order valence-corrected chi connectivity index (χ2v) is 3.62. The van der Waals surface area contributed by atoms with E-state index >= 15 is 0 Å². The Bertz CT molecular complexity index is 500. The Morgan fingerprint density at radius 1 is 1.47 bits per heavy atom. The Morgan fingerprint density at radius 2 is 2.07 bits per heavy atom. The zero-order valence-electron chi connectivity index (χ0n) is 8.19. The molecule has 0 bridgehead atoms. The van der Waals surface area contributed by atoms with Gasteiger partial charge in [0.15, 0.2) is 0 Å². The number of aromatic nitrogens is 1. The lowest BCUT2D eigenvalue weighted by Crippen LogP contribution is -1.94. The fourth-order valence-electron chi connectivity index (χ4n) is 0.900. The molecule has 1 aromatic heterocycles. The number of aliphatic carboxylic acids is 1. The predicted octanol–water partition coefficient (Wildman–Crippen LogP) is 2.07. The fraction of sp³-hybridized carbons (Fsp3) is 0.200. The molecule has 15 heavy (non-hydrogen) atoms. The molecule has 0 radical (unpaired) electrons. The number of carboxylic acids is 1. The highest BCUT2D eigenvalue weighted by Crippen LogP contribution is 2.11. The van der Waals surface area contributed by atoms with Crippen molar-refractivity contribution in [3.63, 3.8) is 0 Å². The van der Waals surface area contributed by atoms with Gasteiger partial charge < -0.3 is 5.11 Å². The zero-order valence-corrected chi connectivity index (χ0v) is 9.00. The molecule has 0 fully saturated rings. The van der Waals surface area contributed by atoms with Crippen molar-refractivity contribution in [2.45, 2.75) is 13.3 Å². The zero-order chi connectivity index (χ0) is 11.3. The molecule has 0 aliphatic rings. The second kappa shape index (κ2) is 5.31. The van der Waals surface area contributed by atoms with Gasteiger partial charge in [0.05, 0.1) is 10.1 Å². The Labute approximate surface area is 90.3 Å². The van der Waals surface area contributed by atoms with Crippen LogP contribution in [-0.2, 0) is 4.79 Å². The number of hydrogen-bond donors (Lipinski definition) is 2. The lowest BCUT2D eigenvalue weighted by Gasteiger charge is -1.79. The molecule has 4 nitrogen and oxygen atoms in total. The molecule has 2 aromatic rings. The van der Waals surface area contributed by atoms with Crippen molar-refractivity contribution in [1.82, 2.24) is 4.37 Å². The van der Waals surface area contributed by atoms with Crippen LogP contribution in [0.5, 0.6) is 0 Å². The molecular weight excluding hydrogens is 214 g/mol. The van der Waals surface area contributed by atoms with Crippen molar-refractivity contribution in [2.24, 2.45) is 0 Å². The lowest BCUT2D eigenvalue weighted by molar-refractivity contribution is -0.136. The van der Waals surface area contributed by atoms with Crippen LogP contribution in [0.4, 0.5) is 0 Å². The molecule has 0 amide bonds. The van der Waals surface area contributed by atoms with Crippen molar-refractivity contribution >= 4 is 27.6 Å². The monoisotopic (exact) mass is 225 g/mol. The van der Waals surface area contributed by atoms with Crippen LogP contribution in [0.15, 0.2) is 29.1 Å². The van der Waals surface area contributed by atoms with E-state index in [4.69, 9.17) is 5.11 Å². The minimum absolute atomic E-state index is 0.0144. The summed E-state index contributed by atoms with van der Waals surface area (Å²) in [4.78, 5) is 20.3. The molecule has 0 unspecified atom stereocenters. The van der Waals surface area contributed by atoms with E-state index in [0.29, 0.717) is 0 Å². The minimum Gasteiger partial charge on any atom is -0.481 e. The standard InChI is InChI=1S/C7H5NOS.C3H6O2/c9-7-5-3-1-2-4-6(5)10-8-7;1-2-3(4)5/h1-4H,(H,8,9);2H2,1H3,(H,4,5). The SMILES string of the molecule is CCC(=O)O.O=c1[nH]sc2ccccc12. The van der Waals surface area contributed by atoms with Gasteiger partial charge in [-0.1, -0.05) is 30.6 Å². The highest BCUT2D eigenvalue weighted by atomic mass is 32.1. The molecule has 0 spiro atoms. The summed E-state index contributed by atoms with van der Waals surface area (Å²) < 4.78 is 3.68. The average Bonchev–Trinajstić information content (AvgIpc) is 2.62. The number of benzene rings is 1. The van der Waals surface area contributed by atoms with Crippen LogP contribution in [0, 0.1) is 0 Å². The van der Waals surface area contributed by atoms with Crippen molar-refractivity contribution in [2.75, 3.05) is 0 Å². The van der Waals surface area contributed by atoms with Crippen LogP contribution in [0.3, 0.4) is 0 Å². The first-order valence-corrected chi connectivity index (χ1v) is 5.24. The average molecular weight is 225 g/mol. The summed E-state index contributed by atoms with van der Waals surface area (Å²) in [5.74, 6) is -0.745. The smallest absolute Gasteiger partial charge is 0.303 e. The van der Waals surface area contributed by atoms with Gasteiger partial charge in [-0.05, 0) is 12.1 Å². The lowest BCUT2D eigenvalue weighted by atomic mass is 10.3. The van der Waals surface area contributed by atoms with E-state index in [1.54, 1.807) is 6.92 Å². The molecule has 0 atom stereocenters. The number of nitrogens with one attached hydrogen (secondary N) is 1. The quantitative estimate of drug-likeness (QED) is 0.780. The van der Waals surface area contributed by atoms with Crippen LogP contribution in [0.1, 0.15) is 13.3 Å². The van der Waals surface area contributed by atoms with Crippen molar-refractivity contribution in [3.05, 3.63) is 34.6 Å². The first kappa shape index (κ1) is 11.5. The van der Waals surface area contributed by atoms with Crippen LogP contribution >= 0.6 is 11.5 Å². The van der Waals surface area contributed by atoms with Crippen LogP contribution in [0.2, 0.25) is 0 Å². The third-order valence-corrected chi connectivity index (χ3v) is 2.55. The molecule has 0 aliphatic carbocycles. The normalized spacial score (nSPS) is 9.40. The van der Waals surface area contributed by atoms with Gasteiger partial charge in [-0.2, -0.15) is 0 Å². The summed E-state index contributed by atoms with van der Waals surface area (Å²) in [7, 11) is 0. The summed E-state index contributed by atoms with van der Waals surface area (Å²) in [6, 6.07) is 7.54. The highest BCUT2D eigenvalue weighted by molar-refractivity contribution is 7.13. The third kappa shape index (κ3) is 3.21. The van der Waals surface area contributed by atoms with E-state index in [2.05, 4.69) is 4.37 Å². The fourth-order valence-corrected chi connectivity index (χ4v) is 1.63. The van der Waals surface area contributed by atoms with Gasteiger partial charge in [0.1, 0.15) is 0 Å². The summed E-state index contributed by atoms with van der Waals surface area (Å²) in [6.07, 6.45) is 0.222. The molecule has 80 valence electrons. The molecule has 5 heteroatoms. The maximum Gasteiger partial charge on any atom is 0.303 e. The predicted molar refractivity (Wildman–Crippen MR) is 60.4 cm³/mol. The maximum absolute atomic E-state index is 10.9. The Morgan fingerprint density at radius 3 is 2.60 bits per heavy atom. The van der Waals surface area contributed by atoms with Gasteiger partial charge >= 0.3 is 5.97 Å². The number of hydrogen-bond acceptors (Lipinski definition) is 3. The van der Waals surface area contributed by atoms with E-state index in [-0.39, 0.29) is 12.0 Å². The summed E-state index contributed by atoms with van der Waals surface area (Å²) >= 11 is 1.38. The highest BCUT2D eigenvalue weighted by Gasteiger charge is 1.96. The number of carboxylic acid groups (broad SMARTS) is 1. The van der Waals surface area contributed by atoms with Crippen LogP contribution < -0.4 is 5.56 Å². The summed E-state index contributed by atoms with van der Waals surface area (Å²) in [5, 5.41) is 8.51. The molecule has 1 aromatic carbocycles. The van der Waals surface area contributed by atoms with E-state index in [1.807, 2.05) is 24.3 Å². The second-order valence-electron chi connectivity index (χ2n) is 2.78. The van der Waals surface area contributed by atoms with E-state index in [1.165, 1.54) is 11.5 Å². The molecule has 2 N–H and O–H groups in total. The molecule has 0 saturated heterocycles. The summed E-state index contributed by atoms with van der Waals surface area (Å²) in [5.41, 5.74) is 0.0144. The van der Waals surface area contributed by atoms with Gasteiger partial charge in [-0.25, -0.2) is 0 Å². The number of rotatable bonds is 1. The molecular formula is C10H11NO3S. The number of aromatic amines is 1. The van der Waals surface area contributed by atoms with Gasteiger partial charge in [-0.15, -0.1) is 0 Å². The third-order valence-electron chi connectivity index (χ3n) is 1.69. The van der Waals surface area contributed by atoms with Crippen molar-refractivity contribution in [1.29, 1.82) is 0 Å². The summed E-state index contributed by atoms with van der Waals surface area (Å²) in [6.45, 7) is 1.60. The first-order chi connectivity index (χ1) is 7.15. The molecule has 2 rings (SSSR count). The van der Waals surface area contributed by atoms with Gasteiger partial charge in [0.25, 0.3) is 5.56 Å². The molecule has 0 aliphatic heterocycles. The van der Waals surface area contributed by atoms with Crippen LogP contribution in [0.25, 0.3) is 10.1 Å². The Balaban J connectivity index is 0.000000195. The maximum atomic E-state index is 10.9. The van der Waals surface area contributed by atoms with Crippen molar-refractivity contribution < 1.29 is 9.90 Å². The Kier molecular flexibility index (Phi) is 4.05. The van der Waals surface area contributed by atoms with E-state index < -0.39 is 5.97 Å². The minimum atomic E-state index is -0.745. The van der Waals surface area contributed by atoms with E-state index in [9.17, 15) is 9.59 Å². The van der Waals surface area contributed by atoms with Crippen molar-refractivity contribution in [3.8, 4) is 0 Å². The Hall–Kier alpha value is -1.62. The van der Waals surface area contributed by atoms with Gasteiger partial charge in [0.2, 0.25) is 0 Å². The first-order valence-electron chi connectivity index (χ1n) is 4.43. The topological polar surface area (TPSA) is 70.2 Å². The molecule has 0 saturated carbocycles. The number of carbonyl (C=O) groups is 1. The van der Waals surface area contributed by atoms with Gasteiger partial charge in [0, 0.05) is 6.42 Å². The number of fused-ring (bicyclic) bond motifs is 1. The van der Waals surface area contributed by atoms with Gasteiger partial charge in [-0.3, -0.25) is 14.0 Å². The largest absolute Gasteiger partial charge is 0.481 e. The number of H-pyrrole nitrogens is 1.